The zero-order valence-corrected chi connectivity index (χ0v) is 11.0. The Morgan fingerprint density at radius 1 is 1.11 bits per heavy atom. The molecule has 0 aromatic rings. The molecule has 18 heavy (non-hydrogen) atoms. The number of nitrogens with one attached hydrogen (secondary N) is 1. The summed E-state index contributed by atoms with van der Waals surface area (Å²) in [6.45, 7) is 1.34. The van der Waals surface area contributed by atoms with E-state index in [1.165, 1.54) is 0 Å². The number of carbonyl (C=O) groups is 3. The molecule has 1 rings (SSSR count). The number of aliphatic carboxylic acids is 1. The van der Waals surface area contributed by atoms with Gasteiger partial charge in [0.15, 0.2) is 0 Å². The number of nitrogens with zero attached hydrogens (tertiary/aromatic N) is 1. The molecule has 0 aliphatic carbocycles. The predicted molar refractivity (Wildman–Crippen MR) is 68.5 cm³/mol. The van der Waals surface area contributed by atoms with Gasteiger partial charge in [-0.1, -0.05) is 0 Å². The molecule has 1 aliphatic heterocycles. The van der Waals surface area contributed by atoms with Gasteiger partial charge in [-0.3, -0.25) is 14.9 Å². The van der Waals surface area contributed by atoms with Gasteiger partial charge in [0, 0.05) is 37.4 Å². The number of unbranched alkanes of at least 4 members (excludes halogenated alkanes) is 1. The SMILES string of the molecule is O=C(O)CCCCC(=O)NC(=O)N1CCSCC1. The minimum absolute atomic E-state index is 0.0601. The maximum Gasteiger partial charge on any atom is 0.324 e. The lowest BCUT2D eigenvalue weighted by molar-refractivity contribution is -0.137. The summed E-state index contributed by atoms with van der Waals surface area (Å²) in [4.78, 5) is 35.0. The average Bonchev–Trinajstić information content (AvgIpc) is 2.35. The van der Waals surface area contributed by atoms with Gasteiger partial charge in [0.25, 0.3) is 0 Å². The number of hydrogen-bond acceptors (Lipinski definition) is 4. The molecule has 1 aliphatic rings. The number of carbonyl (C=O) groups excluding carboxylic acids is 2. The molecule has 0 atom stereocenters. The first-order chi connectivity index (χ1) is 8.59. The smallest absolute Gasteiger partial charge is 0.324 e. The molecule has 0 bridgehead atoms. The quantitative estimate of drug-likeness (QED) is 0.728. The van der Waals surface area contributed by atoms with Gasteiger partial charge in [-0.2, -0.15) is 11.8 Å². The summed E-state index contributed by atoms with van der Waals surface area (Å²) in [6, 6.07) is -0.335. The second-order valence-electron chi connectivity index (χ2n) is 4.05. The molecule has 2 N–H and O–H groups in total. The molecule has 6 nitrogen and oxygen atoms in total. The summed E-state index contributed by atoms with van der Waals surface area (Å²) in [7, 11) is 0. The van der Waals surface area contributed by atoms with E-state index in [4.69, 9.17) is 5.11 Å². The van der Waals surface area contributed by atoms with E-state index in [9.17, 15) is 14.4 Å². The van der Waals surface area contributed by atoms with Crippen LogP contribution in [-0.4, -0.2) is 52.5 Å². The molecule has 3 amide bonds. The Bertz CT molecular complexity index is 316. The van der Waals surface area contributed by atoms with Crippen LogP contribution in [0.2, 0.25) is 0 Å². The normalized spacial score (nSPS) is 15.2. The number of imide groups is 1. The van der Waals surface area contributed by atoms with Crippen LogP contribution in [0.1, 0.15) is 25.7 Å². The highest BCUT2D eigenvalue weighted by Crippen LogP contribution is 2.09. The van der Waals surface area contributed by atoms with E-state index in [-0.39, 0.29) is 24.8 Å². The van der Waals surface area contributed by atoms with Crippen molar-refractivity contribution in [3.8, 4) is 0 Å². The molecule has 0 aromatic carbocycles. The lowest BCUT2D eigenvalue weighted by Gasteiger charge is -2.26. The van der Waals surface area contributed by atoms with Crippen LogP contribution in [-0.2, 0) is 9.59 Å². The molecule has 1 fully saturated rings. The largest absolute Gasteiger partial charge is 0.481 e. The molecule has 0 saturated carbocycles. The standard InChI is InChI=1S/C11H18N2O4S/c14-9(3-1-2-4-10(15)16)12-11(17)13-5-7-18-8-6-13/h1-8H2,(H,15,16)(H,12,14,17). The van der Waals surface area contributed by atoms with Crippen LogP contribution >= 0.6 is 11.8 Å². The van der Waals surface area contributed by atoms with E-state index in [2.05, 4.69) is 5.32 Å². The van der Waals surface area contributed by atoms with Crippen LogP contribution in [0.3, 0.4) is 0 Å². The van der Waals surface area contributed by atoms with Crippen molar-refractivity contribution < 1.29 is 19.5 Å². The molecule has 1 saturated heterocycles. The van der Waals surface area contributed by atoms with Crippen molar-refractivity contribution in [2.75, 3.05) is 24.6 Å². The lowest BCUT2D eigenvalue weighted by Crippen LogP contribution is -2.46. The molecule has 102 valence electrons. The first-order valence-electron chi connectivity index (χ1n) is 5.98. The maximum absolute atomic E-state index is 11.6. The van der Waals surface area contributed by atoms with Gasteiger partial charge in [-0.05, 0) is 12.8 Å². The first kappa shape index (κ1) is 14.8. The second kappa shape index (κ2) is 7.97. The van der Waals surface area contributed by atoms with Gasteiger partial charge in [0.1, 0.15) is 0 Å². The van der Waals surface area contributed by atoms with Crippen molar-refractivity contribution in [1.82, 2.24) is 10.2 Å². The summed E-state index contributed by atoms with van der Waals surface area (Å²) in [5, 5.41) is 10.8. The van der Waals surface area contributed by atoms with Crippen LogP contribution in [0.25, 0.3) is 0 Å². The highest BCUT2D eigenvalue weighted by molar-refractivity contribution is 7.99. The number of urea groups is 1. The van der Waals surface area contributed by atoms with Crippen molar-refractivity contribution in [1.29, 1.82) is 0 Å². The number of rotatable bonds is 5. The highest BCUT2D eigenvalue weighted by atomic mass is 32.2. The zero-order chi connectivity index (χ0) is 13.4. The number of thioether (sulfide) groups is 1. The van der Waals surface area contributed by atoms with E-state index in [1.807, 2.05) is 0 Å². The first-order valence-corrected chi connectivity index (χ1v) is 7.13. The van der Waals surface area contributed by atoms with Crippen molar-refractivity contribution >= 4 is 29.7 Å². The maximum atomic E-state index is 11.6. The highest BCUT2D eigenvalue weighted by Gasteiger charge is 2.18. The number of carboxylic acid groups (broad SMARTS) is 1. The summed E-state index contributed by atoms with van der Waals surface area (Å²) in [6.07, 6.45) is 1.20. The molecular weight excluding hydrogens is 256 g/mol. The fourth-order valence-electron chi connectivity index (χ4n) is 1.59. The van der Waals surface area contributed by atoms with E-state index < -0.39 is 5.97 Å². The Morgan fingerprint density at radius 2 is 1.72 bits per heavy atom. The summed E-state index contributed by atoms with van der Waals surface area (Å²) in [5.74, 6) is 0.612. The summed E-state index contributed by atoms with van der Waals surface area (Å²) in [5.41, 5.74) is 0. The Morgan fingerprint density at radius 3 is 2.33 bits per heavy atom. The van der Waals surface area contributed by atoms with Crippen LogP contribution in [0.15, 0.2) is 0 Å². The summed E-state index contributed by atoms with van der Waals surface area (Å²) < 4.78 is 0. The van der Waals surface area contributed by atoms with E-state index in [1.54, 1.807) is 16.7 Å². The van der Waals surface area contributed by atoms with Crippen molar-refractivity contribution in [2.24, 2.45) is 0 Å². The van der Waals surface area contributed by atoms with Gasteiger partial charge < -0.3 is 10.0 Å². The second-order valence-corrected chi connectivity index (χ2v) is 5.28. The molecule has 1 heterocycles. The van der Waals surface area contributed by atoms with Crippen LogP contribution < -0.4 is 5.32 Å². The lowest BCUT2D eigenvalue weighted by atomic mass is 10.2. The minimum Gasteiger partial charge on any atom is -0.481 e. The van der Waals surface area contributed by atoms with Gasteiger partial charge in [0.05, 0.1) is 0 Å². The third-order valence-corrected chi connectivity index (χ3v) is 3.53. The number of amides is 3. The van der Waals surface area contributed by atoms with Crippen molar-refractivity contribution in [3.05, 3.63) is 0 Å². The van der Waals surface area contributed by atoms with Gasteiger partial charge in [-0.15, -0.1) is 0 Å². The number of hydrogen-bond donors (Lipinski definition) is 2. The third kappa shape index (κ3) is 5.90. The predicted octanol–water partition coefficient (Wildman–Crippen LogP) is 0.916. The van der Waals surface area contributed by atoms with E-state index >= 15 is 0 Å². The number of carboxylic acids is 1. The topological polar surface area (TPSA) is 86.7 Å². The molecule has 0 aromatic heterocycles. The Labute approximate surface area is 110 Å². The fraction of sp³-hybridized carbons (Fsp3) is 0.727. The molecule has 0 spiro atoms. The molecule has 0 radical (unpaired) electrons. The van der Waals surface area contributed by atoms with Gasteiger partial charge >= 0.3 is 12.0 Å². The fourth-order valence-corrected chi connectivity index (χ4v) is 2.49. The third-order valence-electron chi connectivity index (χ3n) is 2.59. The molecular formula is C11H18N2O4S. The van der Waals surface area contributed by atoms with Crippen LogP contribution in [0.5, 0.6) is 0 Å². The van der Waals surface area contributed by atoms with E-state index in [0.29, 0.717) is 25.9 Å². The zero-order valence-electron chi connectivity index (χ0n) is 10.2. The van der Waals surface area contributed by atoms with Gasteiger partial charge in [0.2, 0.25) is 5.91 Å². The summed E-state index contributed by atoms with van der Waals surface area (Å²) >= 11 is 1.79. The minimum atomic E-state index is -0.864. The molecule has 7 heteroatoms. The Hall–Kier alpha value is -1.24. The van der Waals surface area contributed by atoms with E-state index in [0.717, 1.165) is 11.5 Å². The van der Waals surface area contributed by atoms with Crippen molar-refractivity contribution in [3.63, 3.8) is 0 Å². The van der Waals surface area contributed by atoms with Gasteiger partial charge in [-0.25, -0.2) is 4.79 Å². The Kier molecular flexibility index (Phi) is 6.56. The van der Waals surface area contributed by atoms with Crippen LogP contribution in [0, 0.1) is 0 Å². The van der Waals surface area contributed by atoms with Crippen molar-refractivity contribution in [2.45, 2.75) is 25.7 Å². The average molecular weight is 274 g/mol. The monoisotopic (exact) mass is 274 g/mol. The Balaban J connectivity index is 2.14. The molecule has 0 unspecified atom stereocenters. The van der Waals surface area contributed by atoms with Crippen LogP contribution in [0.4, 0.5) is 4.79 Å².